The van der Waals surface area contributed by atoms with E-state index in [4.69, 9.17) is 34.2 Å². The first-order chi connectivity index (χ1) is 18.4. The van der Waals surface area contributed by atoms with Crippen LogP contribution in [0.15, 0.2) is 18.2 Å². The van der Waals surface area contributed by atoms with Crippen molar-refractivity contribution in [3.05, 3.63) is 23.8 Å². The van der Waals surface area contributed by atoms with Gasteiger partial charge in [0.15, 0.2) is 11.5 Å². The first-order valence-electron chi connectivity index (χ1n) is 13.3. The molecule has 39 heavy (non-hydrogen) atoms. The molecule has 1 rings (SSSR count). The van der Waals surface area contributed by atoms with Crippen LogP contribution in [0.3, 0.4) is 0 Å². The largest absolute Gasteiger partial charge is 0.514 e. The summed E-state index contributed by atoms with van der Waals surface area (Å²) in [5, 5.41) is 0. The summed E-state index contributed by atoms with van der Waals surface area (Å²) in [6.07, 6.45) is -0.583. The fourth-order valence-corrected chi connectivity index (χ4v) is 3.21. The molecule has 0 amide bonds. The zero-order valence-corrected chi connectivity index (χ0v) is 24.1. The van der Waals surface area contributed by atoms with Crippen LogP contribution in [0, 0.1) is 5.92 Å². The summed E-state index contributed by atoms with van der Waals surface area (Å²) in [5.41, 5.74) is 5.32. The molecule has 0 radical (unpaired) electrons. The van der Waals surface area contributed by atoms with E-state index >= 15 is 0 Å². The van der Waals surface area contributed by atoms with E-state index in [1.54, 1.807) is 19.9 Å². The molecular formula is C28H43NO10. The van der Waals surface area contributed by atoms with Crippen molar-refractivity contribution in [3.8, 4) is 11.5 Å². The van der Waals surface area contributed by atoms with Gasteiger partial charge in [0.1, 0.15) is 17.7 Å². The molecular weight excluding hydrogens is 510 g/mol. The molecule has 0 saturated carbocycles. The van der Waals surface area contributed by atoms with Gasteiger partial charge in [-0.3, -0.25) is 9.59 Å². The predicted molar refractivity (Wildman–Crippen MR) is 142 cm³/mol. The minimum Gasteiger partial charge on any atom is -0.468 e. The molecule has 2 N–H and O–H groups in total. The maximum Gasteiger partial charge on any atom is 0.514 e. The molecule has 11 nitrogen and oxygen atoms in total. The molecule has 0 spiro atoms. The summed E-state index contributed by atoms with van der Waals surface area (Å²) < 4.78 is 31.1. The highest BCUT2D eigenvalue weighted by molar-refractivity contribution is 5.81. The summed E-state index contributed by atoms with van der Waals surface area (Å²) in [6.45, 7) is 10.9. The van der Waals surface area contributed by atoms with Crippen LogP contribution >= 0.6 is 0 Å². The minimum atomic E-state index is -1.56. The van der Waals surface area contributed by atoms with E-state index in [0.717, 1.165) is 6.42 Å². The van der Waals surface area contributed by atoms with Crippen LogP contribution < -0.4 is 15.2 Å². The Labute approximate surface area is 230 Å². The summed E-state index contributed by atoms with van der Waals surface area (Å²) in [7, 11) is 1.21. The Morgan fingerprint density at radius 1 is 0.872 bits per heavy atom. The van der Waals surface area contributed by atoms with Gasteiger partial charge < -0.3 is 34.2 Å². The van der Waals surface area contributed by atoms with Gasteiger partial charge in [-0.1, -0.05) is 40.2 Å². The smallest absolute Gasteiger partial charge is 0.468 e. The maximum atomic E-state index is 12.6. The van der Waals surface area contributed by atoms with Crippen molar-refractivity contribution in [2.45, 2.75) is 97.8 Å². The molecule has 0 aliphatic heterocycles. The minimum absolute atomic E-state index is 0.0162. The lowest BCUT2D eigenvalue weighted by atomic mass is 9.88. The van der Waals surface area contributed by atoms with Crippen LogP contribution in [0.5, 0.6) is 11.5 Å². The average Bonchev–Trinajstić information content (AvgIpc) is 2.89. The summed E-state index contributed by atoms with van der Waals surface area (Å²) in [5.74, 6) is -1.13. The van der Waals surface area contributed by atoms with Crippen molar-refractivity contribution < 1.29 is 47.6 Å². The molecule has 0 bridgehead atoms. The van der Waals surface area contributed by atoms with Crippen LogP contribution in [-0.2, 0) is 35.0 Å². The number of ether oxygens (including phenoxy) is 6. The highest BCUT2D eigenvalue weighted by Gasteiger charge is 2.36. The fourth-order valence-electron chi connectivity index (χ4n) is 3.21. The Morgan fingerprint density at radius 3 is 1.95 bits per heavy atom. The van der Waals surface area contributed by atoms with Crippen LogP contribution in [0.4, 0.5) is 9.59 Å². The van der Waals surface area contributed by atoms with E-state index in [1.165, 1.54) is 19.2 Å². The van der Waals surface area contributed by atoms with Crippen LogP contribution in [0.2, 0.25) is 0 Å². The van der Waals surface area contributed by atoms with Crippen molar-refractivity contribution in [2.24, 2.45) is 11.7 Å². The SMILES string of the molecule is CCC(C)CC(=O)OCC[C@@](N)(Cc1ccc(OC(=O)O[C@@H](C)CC)c(OC(=O)OC(C)CC)c1)C(=O)OC. The van der Waals surface area contributed by atoms with Crippen LogP contribution in [0.1, 0.15) is 79.2 Å². The van der Waals surface area contributed by atoms with Crippen LogP contribution in [-0.4, -0.2) is 55.7 Å². The molecule has 0 saturated heterocycles. The number of rotatable bonds is 15. The predicted octanol–water partition coefficient (Wildman–Crippen LogP) is 5.10. The third kappa shape index (κ3) is 11.9. The van der Waals surface area contributed by atoms with E-state index in [9.17, 15) is 19.2 Å². The van der Waals surface area contributed by atoms with E-state index < -0.39 is 29.9 Å². The molecule has 0 fully saturated rings. The molecule has 11 heteroatoms. The second-order valence-corrected chi connectivity index (χ2v) is 9.67. The summed E-state index contributed by atoms with van der Waals surface area (Å²) >= 11 is 0. The number of benzene rings is 1. The maximum absolute atomic E-state index is 12.6. The standard InChI is InChI=1S/C28H43NO10/c1-8-18(4)15-24(30)35-14-13-28(29,25(31)34-7)17-21-11-12-22(38-26(32)36-19(5)9-2)23(16-21)39-27(33)37-20(6)10-3/h11-12,16,18-20H,8-10,13-15,17,29H2,1-7H3/t18?,19-,20?,28+/m0/s1. The van der Waals surface area contributed by atoms with Gasteiger partial charge in [0.2, 0.25) is 0 Å². The normalized spacial score (nSPS) is 14.7. The number of carbonyl (C=O) groups excluding carboxylic acids is 4. The van der Waals surface area contributed by atoms with E-state index in [2.05, 4.69) is 0 Å². The monoisotopic (exact) mass is 553 g/mol. The van der Waals surface area contributed by atoms with Gasteiger partial charge in [-0.2, -0.15) is 0 Å². The van der Waals surface area contributed by atoms with Gasteiger partial charge in [0.05, 0.1) is 13.7 Å². The zero-order valence-electron chi connectivity index (χ0n) is 24.1. The second kappa shape index (κ2) is 16.6. The molecule has 220 valence electrons. The number of nitrogens with two attached hydrogens (primary N) is 1. The van der Waals surface area contributed by atoms with E-state index in [1.807, 2.05) is 27.7 Å². The summed E-state index contributed by atoms with van der Waals surface area (Å²) in [6, 6.07) is 4.35. The molecule has 0 aliphatic rings. The quantitative estimate of drug-likeness (QED) is 0.176. The number of esters is 2. The molecule has 0 aromatic heterocycles. The molecule has 1 aromatic carbocycles. The Kier molecular flexibility index (Phi) is 14.3. The van der Waals surface area contributed by atoms with Gasteiger partial charge in [-0.05, 0) is 50.3 Å². The Balaban J connectivity index is 3.16. The molecule has 4 atom stereocenters. The Hall–Kier alpha value is -3.34. The molecule has 0 aliphatic carbocycles. The topological polar surface area (TPSA) is 150 Å². The lowest BCUT2D eigenvalue weighted by Gasteiger charge is -2.27. The van der Waals surface area contributed by atoms with Crippen molar-refractivity contribution in [1.82, 2.24) is 0 Å². The first kappa shape index (κ1) is 33.7. The highest BCUT2D eigenvalue weighted by atomic mass is 16.7. The lowest BCUT2D eigenvalue weighted by molar-refractivity contribution is -0.151. The van der Waals surface area contributed by atoms with Gasteiger partial charge in [0, 0.05) is 19.3 Å². The number of carbonyl (C=O) groups is 4. The van der Waals surface area contributed by atoms with Crippen molar-refractivity contribution in [2.75, 3.05) is 13.7 Å². The number of hydrogen-bond acceptors (Lipinski definition) is 11. The molecule has 0 heterocycles. The van der Waals surface area contributed by atoms with Crippen molar-refractivity contribution in [1.29, 1.82) is 0 Å². The second-order valence-electron chi connectivity index (χ2n) is 9.67. The highest BCUT2D eigenvalue weighted by Crippen LogP contribution is 2.31. The number of methoxy groups -OCH3 is 1. The van der Waals surface area contributed by atoms with Gasteiger partial charge in [-0.25, -0.2) is 9.59 Å². The third-order valence-corrected chi connectivity index (χ3v) is 6.27. The fraction of sp³-hybridized carbons (Fsp3) is 0.643. The summed E-state index contributed by atoms with van der Waals surface area (Å²) in [4.78, 5) is 49.2. The average molecular weight is 554 g/mol. The van der Waals surface area contributed by atoms with Gasteiger partial charge in [-0.15, -0.1) is 0 Å². The van der Waals surface area contributed by atoms with Crippen molar-refractivity contribution >= 4 is 24.2 Å². The zero-order chi connectivity index (χ0) is 29.6. The van der Waals surface area contributed by atoms with Gasteiger partial charge in [0.25, 0.3) is 0 Å². The first-order valence-corrected chi connectivity index (χ1v) is 13.3. The molecule has 2 unspecified atom stereocenters. The van der Waals surface area contributed by atoms with E-state index in [0.29, 0.717) is 18.4 Å². The van der Waals surface area contributed by atoms with Crippen LogP contribution in [0.25, 0.3) is 0 Å². The lowest BCUT2D eigenvalue weighted by Crippen LogP contribution is -2.51. The Morgan fingerprint density at radius 2 is 1.44 bits per heavy atom. The number of hydrogen-bond donors (Lipinski definition) is 1. The van der Waals surface area contributed by atoms with E-state index in [-0.39, 0.29) is 55.4 Å². The van der Waals surface area contributed by atoms with Crippen molar-refractivity contribution in [3.63, 3.8) is 0 Å². The third-order valence-electron chi connectivity index (χ3n) is 6.27. The van der Waals surface area contributed by atoms with Gasteiger partial charge >= 0.3 is 24.2 Å². The Bertz CT molecular complexity index is 966. The molecule has 1 aromatic rings.